The maximum atomic E-state index is 6.06. The van der Waals surface area contributed by atoms with Crippen LogP contribution in [0, 0.1) is 0 Å². The summed E-state index contributed by atoms with van der Waals surface area (Å²) in [6, 6.07) is 8.41. The van der Waals surface area contributed by atoms with Crippen LogP contribution in [-0.4, -0.2) is 28.8 Å². The minimum absolute atomic E-state index is 0.0222. The van der Waals surface area contributed by atoms with Crippen LogP contribution in [0.4, 0.5) is 0 Å². The van der Waals surface area contributed by atoms with Gasteiger partial charge in [0, 0.05) is 31.6 Å². The van der Waals surface area contributed by atoms with Gasteiger partial charge in [-0.2, -0.15) is 0 Å². The molecule has 19 heavy (non-hydrogen) atoms. The Morgan fingerprint density at radius 2 is 2.05 bits per heavy atom. The first-order valence-corrected chi connectivity index (χ1v) is 6.72. The lowest BCUT2D eigenvalue weighted by atomic mass is 9.89. The lowest BCUT2D eigenvalue weighted by Gasteiger charge is -2.19. The minimum atomic E-state index is 0.0222. The normalized spacial score (nSPS) is 24.5. The molecule has 0 amide bonds. The van der Waals surface area contributed by atoms with E-state index in [2.05, 4.69) is 34.2 Å². The van der Waals surface area contributed by atoms with Crippen molar-refractivity contribution in [1.29, 1.82) is 0 Å². The Hall–Kier alpha value is -1.65. The Labute approximate surface area is 111 Å². The zero-order valence-electron chi connectivity index (χ0n) is 10.6. The molecule has 2 aliphatic rings. The van der Waals surface area contributed by atoms with Crippen molar-refractivity contribution in [2.24, 2.45) is 0 Å². The van der Waals surface area contributed by atoms with Crippen LogP contribution in [0.15, 0.2) is 36.8 Å². The largest absolute Gasteiger partial charge is 0.381 e. The molecule has 3 heterocycles. The van der Waals surface area contributed by atoms with E-state index in [9.17, 15) is 0 Å². The molecule has 1 spiro atoms. The van der Waals surface area contributed by atoms with Gasteiger partial charge in [0.2, 0.25) is 0 Å². The fourth-order valence-electron chi connectivity index (χ4n) is 3.02. The molecule has 4 heteroatoms. The van der Waals surface area contributed by atoms with Gasteiger partial charge in [-0.25, -0.2) is 4.98 Å². The van der Waals surface area contributed by atoms with Gasteiger partial charge in [-0.3, -0.25) is 0 Å². The Balaban J connectivity index is 1.69. The number of hydrogen-bond donors (Lipinski definition) is 1. The zero-order chi connectivity index (χ0) is 12.7. The van der Waals surface area contributed by atoms with Crippen molar-refractivity contribution in [3.8, 4) is 11.3 Å². The maximum absolute atomic E-state index is 6.06. The molecule has 1 aromatic carbocycles. The van der Waals surface area contributed by atoms with Crippen LogP contribution in [0.5, 0.6) is 0 Å². The summed E-state index contributed by atoms with van der Waals surface area (Å²) in [6.45, 7) is 1.62. The van der Waals surface area contributed by atoms with Crippen molar-refractivity contribution >= 4 is 0 Å². The summed E-state index contributed by atoms with van der Waals surface area (Å²) < 4.78 is 11.5. The summed E-state index contributed by atoms with van der Waals surface area (Å²) in [7, 11) is 0. The van der Waals surface area contributed by atoms with E-state index in [1.54, 1.807) is 6.33 Å². The Morgan fingerprint density at radius 3 is 2.84 bits per heavy atom. The van der Waals surface area contributed by atoms with Gasteiger partial charge in [-0.1, -0.05) is 24.3 Å². The first-order chi connectivity index (χ1) is 9.39. The molecule has 1 atom stereocenters. The Morgan fingerprint density at radius 1 is 1.21 bits per heavy atom. The maximum Gasteiger partial charge on any atom is 0.113 e. The Bertz CT molecular complexity index is 574. The Kier molecular flexibility index (Phi) is 2.47. The van der Waals surface area contributed by atoms with Gasteiger partial charge in [-0.05, 0) is 5.56 Å². The number of epoxide rings is 1. The van der Waals surface area contributed by atoms with Crippen LogP contribution in [0.3, 0.4) is 0 Å². The van der Waals surface area contributed by atoms with E-state index in [1.807, 2.05) is 6.20 Å². The van der Waals surface area contributed by atoms with Crippen LogP contribution in [-0.2, 0) is 9.47 Å². The molecule has 0 radical (unpaired) electrons. The number of ether oxygens (including phenoxy) is 2. The lowest BCUT2D eigenvalue weighted by Crippen LogP contribution is -2.24. The third kappa shape index (κ3) is 1.79. The SMILES string of the molecule is c1ccc(C2OC23CCOCC3)c(-c2cnc[nH]2)c1. The molecule has 2 saturated heterocycles. The number of hydrogen-bond acceptors (Lipinski definition) is 3. The zero-order valence-corrected chi connectivity index (χ0v) is 10.6. The van der Waals surface area contributed by atoms with Crippen molar-refractivity contribution in [2.75, 3.05) is 13.2 Å². The molecule has 0 aliphatic carbocycles. The van der Waals surface area contributed by atoms with E-state index in [0.717, 1.165) is 31.7 Å². The van der Waals surface area contributed by atoms with E-state index in [4.69, 9.17) is 9.47 Å². The highest BCUT2D eigenvalue weighted by molar-refractivity contribution is 5.64. The van der Waals surface area contributed by atoms with Gasteiger partial charge < -0.3 is 14.5 Å². The predicted molar refractivity (Wildman–Crippen MR) is 70.6 cm³/mol. The monoisotopic (exact) mass is 256 g/mol. The molecule has 2 aromatic rings. The number of aromatic amines is 1. The van der Waals surface area contributed by atoms with Crippen molar-refractivity contribution < 1.29 is 9.47 Å². The van der Waals surface area contributed by atoms with Crippen molar-refractivity contribution in [3.05, 3.63) is 42.4 Å². The second-order valence-electron chi connectivity index (χ2n) is 5.23. The number of nitrogens with one attached hydrogen (secondary N) is 1. The molecule has 4 rings (SSSR count). The molecule has 2 fully saturated rings. The molecular weight excluding hydrogens is 240 g/mol. The number of benzene rings is 1. The minimum Gasteiger partial charge on any atom is -0.381 e. The van der Waals surface area contributed by atoms with Crippen molar-refractivity contribution in [3.63, 3.8) is 0 Å². The third-order valence-corrected chi connectivity index (χ3v) is 4.14. The van der Waals surface area contributed by atoms with Crippen LogP contribution >= 0.6 is 0 Å². The number of nitrogens with zero attached hydrogens (tertiary/aromatic N) is 1. The topological polar surface area (TPSA) is 50.4 Å². The average Bonchev–Trinajstić information content (AvgIpc) is 2.92. The van der Waals surface area contributed by atoms with Gasteiger partial charge in [0.1, 0.15) is 11.7 Å². The number of H-pyrrole nitrogens is 1. The van der Waals surface area contributed by atoms with Crippen molar-refractivity contribution in [2.45, 2.75) is 24.5 Å². The first kappa shape index (κ1) is 11.2. The summed E-state index contributed by atoms with van der Waals surface area (Å²) in [4.78, 5) is 7.28. The summed E-state index contributed by atoms with van der Waals surface area (Å²) >= 11 is 0. The number of aromatic nitrogens is 2. The lowest BCUT2D eigenvalue weighted by molar-refractivity contribution is 0.0494. The molecule has 1 N–H and O–H groups in total. The highest BCUT2D eigenvalue weighted by Crippen LogP contribution is 2.56. The molecular formula is C15H16N2O2. The molecule has 4 nitrogen and oxygen atoms in total. The molecule has 1 aromatic heterocycles. The number of imidazole rings is 1. The van der Waals surface area contributed by atoms with E-state index in [1.165, 1.54) is 11.1 Å². The van der Waals surface area contributed by atoms with Crippen LogP contribution < -0.4 is 0 Å². The fourth-order valence-corrected chi connectivity index (χ4v) is 3.02. The van der Waals surface area contributed by atoms with Gasteiger partial charge in [-0.15, -0.1) is 0 Å². The highest BCUT2D eigenvalue weighted by Gasteiger charge is 2.57. The van der Waals surface area contributed by atoms with Gasteiger partial charge in [0.15, 0.2) is 0 Å². The standard InChI is InChI=1S/C15H16N2O2/c1-2-4-12(11(3-1)13-9-16-10-17-13)14-15(19-14)5-7-18-8-6-15/h1-4,9-10,14H,5-8H2,(H,16,17). The van der Waals surface area contributed by atoms with Gasteiger partial charge in [0.25, 0.3) is 0 Å². The summed E-state index contributed by atoms with van der Waals surface area (Å²) in [5.41, 5.74) is 3.52. The summed E-state index contributed by atoms with van der Waals surface area (Å²) in [5.74, 6) is 0. The average molecular weight is 256 g/mol. The molecule has 0 saturated carbocycles. The van der Waals surface area contributed by atoms with Gasteiger partial charge >= 0.3 is 0 Å². The first-order valence-electron chi connectivity index (χ1n) is 6.72. The molecule has 2 aliphatic heterocycles. The van der Waals surface area contributed by atoms with Crippen LogP contribution in [0.25, 0.3) is 11.3 Å². The van der Waals surface area contributed by atoms with E-state index >= 15 is 0 Å². The molecule has 0 bridgehead atoms. The summed E-state index contributed by atoms with van der Waals surface area (Å²) in [6.07, 6.45) is 5.77. The van der Waals surface area contributed by atoms with Crippen molar-refractivity contribution in [1.82, 2.24) is 9.97 Å². The highest BCUT2D eigenvalue weighted by atomic mass is 16.6. The van der Waals surface area contributed by atoms with Crippen LogP contribution in [0.1, 0.15) is 24.5 Å². The third-order valence-electron chi connectivity index (χ3n) is 4.14. The smallest absolute Gasteiger partial charge is 0.113 e. The van der Waals surface area contributed by atoms with Crippen LogP contribution in [0.2, 0.25) is 0 Å². The number of rotatable bonds is 2. The summed E-state index contributed by atoms with van der Waals surface area (Å²) in [5, 5.41) is 0. The second-order valence-corrected chi connectivity index (χ2v) is 5.23. The molecule has 1 unspecified atom stereocenters. The van der Waals surface area contributed by atoms with E-state index in [0.29, 0.717) is 0 Å². The fraction of sp³-hybridized carbons (Fsp3) is 0.400. The van der Waals surface area contributed by atoms with E-state index < -0.39 is 0 Å². The molecule has 98 valence electrons. The quantitative estimate of drug-likeness (QED) is 0.840. The van der Waals surface area contributed by atoms with E-state index in [-0.39, 0.29) is 11.7 Å². The predicted octanol–water partition coefficient (Wildman–Crippen LogP) is 2.70. The second kappa shape index (κ2) is 4.18. The van der Waals surface area contributed by atoms with Gasteiger partial charge in [0.05, 0.1) is 18.2 Å².